The van der Waals surface area contributed by atoms with Gasteiger partial charge in [0.05, 0.1) is 10.0 Å². The second-order valence-corrected chi connectivity index (χ2v) is 5.83. The van der Waals surface area contributed by atoms with E-state index in [1.165, 1.54) is 6.07 Å². The van der Waals surface area contributed by atoms with Gasteiger partial charge in [0.25, 0.3) is 5.91 Å². The third-order valence-corrected chi connectivity index (χ3v) is 3.92. The molecule has 5 nitrogen and oxygen atoms in total. The molecule has 2 aromatic rings. The summed E-state index contributed by atoms with van der Waals surface area (Å²) >= 11 is 11.6. The minimum atomic E-state index is -1.11. The van der Waals surface area contributed by atoms with Crippen molar-refractivity contribution in [3.8, 4) is 5.75 Å². The zero-order chi connectivity index (χ0) is 17.5. The Morgan fingerprint density at radius 3 is 2.42 bits per heavy atom. The molecule has 0 saturated carbocycles. The van der Waals surface area contributed by atoms with Gasteiger partial charge in [-0.25, -0.2) is 4.79 Å². The zero-order valence-electron chi connectivity index (χ0n) is 12.5. The number of carbonyl (C=O) groups excluding carboxylic acids is 1. The van der Waals surface area contributed by atoms with Crippen molar-refractivity contribution in [3.63, 3.8) is 0 Å². The summed E-state index contributed by atoms with van der Waals surface area (Å²) < 4.78 is 5.29. The maximum atomic E-state index is 11.9. The number of nitrogens with one attached hydrogen (secondary N) is 1. The molecular formula is C17H15Cl2NO4. The normalized spacial score (nSPS) is 11.6. The Hall–Kier alpha value is -2.24. The third kappa shape index (κ3) is 5.44. The minimum absolute atomic E-state index is 0.189. The highest BCUT2D eigenvalue weighted by atomic mass is 35.5. The van der Waals surface area contributed by atoms with Crippen LogP contribution in [0.1, 0.15) is 5.56 Å². The van der Waals surface area contributed by atoms with Gasteiger partial charge >= 0.3 is 5.97 Å². The molecule has 0 heterocycles. The number of rotatable bonds is 7. The second kappa shape index (κ2) is 8.57. The molecule has 24 heavy (non-hydrogen) atoms. The number of amides is 1. The van der Waals surface area contributed by atoms with Crippen molar-refractivity contribution < 1.29 is 19.4 Å². The molecule has 0 aliphatic heterocycles. The van der Waals surface area contributed by atoms with Gasteiger partial charge in [-0.15, -0.1) is 0 Å². The molecule has 1 atom stereocenters. The molecule has 0 bridgehead atoms. The lowest BCUT2D eigenvalue weighted by molar-refractivity contribution is -0.142. The Balaban J connectivity index is 1.90. The molecule has 7 heteroatoms. The van der Waals surface area contributed by atoms with Crippen LogP contribution in [0.2, 0.25) is 10.0 Å². The summed E-state index contributed by atoms with van der Waals surface area (Å²) in [5.41, 5.74) is 0.815. The summed E-state index contributed by atoms with van der Waals surface area (Å²) in [6.45, 7) is -0.323. The van der Waals surface area contributed by atoms with Gasteiger partial charge in [-0.05, 0) is 17.7 Å². The molecule has 0 aromatic heterocycles. The van der Waals surface area contributed by atoms with E-state index in [0.717, 1.165) is 5.56 Å². The molecule has 126 valence electrons. The highest BCUT2D eigenvalue weighted by Crippen LogP contribution is 2.26. The Bertz CT molecular complexity index is 722. The fraction of sp³-hybridized carbons (Fsp3) is 0.176. The molecular weight excluding hydrogens is 353 g/mol. The van der Waals surface area contributed by atoms with E-state index >= 15 is 0 Å². The molecule has 1 amide bonds. The monoisotopic (exact) mass is 367 g/mol. The predicted octanol–water partition coefficient (Wildman–Crippen LogP) is 3.18. The van der Waals surface area contributed by atoms with E-state index in [1.54, 1.807) is 24.3 Å². The fourth-order valence-electron chi connectivity index (χ4n) is 2.00. The van der Waals surface area contributed by atoms with E-state index < -0.39 is 17.9 Å². The number of carbonyl (C=O) groups is 2. The number of halogens is 2. The van der Waals surface area contributed by atoms with Crippen molar-refractivity contribution in [3.05, 3.63) is 64.1 Å². The molecule has 0 fully saturated rings. The highest BCUT2D eigenvalue weighted by molar-refractivity contribution is 6.42. The summed E-state index contributed by atoms with van der Waals surface area (Å²) in [5, 5.41) is 12.4. The van der Waals surface area contributed by atoms with Gasteiger partial charge in [0, 0.05) is 12.5 Å². The van der Waals surface area contributed by atoms with Crippen LogP contribution in [0.15, 0.2) is 48.5 Å². The number of ether oxygens (including phenoxy) is 1. The average molecular weight is 368 g/mol. The van der Waals surface area contributed by atoms with E-state index in [0.29, 0.717) is 15.8 Å². The lowest BCUT2D eigenvalue weighted by atomic mass is 10.1. The number of aliphatic carboxylic acids is 1. The number of carboxylic acids is 1. The van der Waals surface area contributed by atoms with E-state index in [1.807, 2.05) is 18.2 Å². The van der Waals surface area contributed by atoms with Crippen molar-refractivity contribution in [1.82, 2.24) is 5.32 Å². The van der Waals surface area contributed by atoms with Crippen LogP contribution in [0.3, 0.4) is 0 Å². The zero-order valence-corrected chi connectivity index (χ0v) is 14.1. The van der Waals surface area contributed by atoms with Gasteiger partial charge in [0.2, 0.25) is 0 Å². The first-order valence-electron chi connectivity index (χ1n) is 7.09. The van der Waals surface area contributed by atoms with E-state index in [9.17, 15) is 14.7 Å². The Labute approximate surface area is 149 Å². The lowest BCUT2D eigenvalue weighted by Crippen LogP contribution is -2.44. The smallest absolute Gasteiger partial charge is 0.326 e. The molecule has 0 radical (unpaired) electrons. The number of benzene rings is 2. The number of carboxylic acid groups (broad SMARTS) is 1. The van der Waals surface area contributed by atoms with Gasteiger partial charge < -0.3 is 15.2 Å². The van der Waals surface area contributed by atoms with Gasteiger partial charge in [0.15, 0.2) is 6.61 Å². The first kappa shape index (κ1) is 18.1. The van der Waals surface area contributed by atoms with Crippen LogP contribution in [0.25, 0.3) is 0 Å². The topological polar surface area (TPSA) is 75.6 Å². The third-order valence-electron chi connectivity index (χ3n) is 3.18. The second-order valence-electron chi connectivity index (χ2n) is 5.01. The first-order chi connectivity index (χ1) is 11.5. The van der Waals surface area contributed by atoms with Crippen LogP contribution in [-0.4, -0.2) is 29.6 Å². The molecule has 2 N–H and O–H groups in total. The summed E-state index contributed by atoms with van der Waals surface area (Å²) in [7, 11) is 0. The van der Waals surface area contributed by atoms with Gasteiger partial charge in [0.1, 0.15) is 11.8 Å². The molecule has 2 aromatic carbocycles. The van der Waals surface area contributed by atoms with Crippen molar-refractivity contribution in [2.45, 2.75) is 12.5 Å². The van der Waals surface area contributed by atoms with Crippen molar-refractivity contribution >= 4 is 35.1 Å². The average Bonchev–Trinajstić information content (AvgIpc) is 2.56. The Morgan fingerprint density at radius 1 is 1.08 bits per heavy atom. The minimum Gasteiger partial charge on any atom is -0.484 e. The first-order valence-corrected chi connectivity index (χ1v) is 7.85. The molecule has 0 spiro atoms. The molecule has 0 aliphatic carbocycles. The van der Waals surface area contributed by atoms with E-state index in [-0.39, 0.29) is 13.0 Å². The van der Waals surface area contributed by atoms with Crippen molar-refractivity contribution in [2.75, 3.05) is 6.61 Å². The largest absolute Gasteiger partial charge is 0.484 e. The summed E-state index contributed by atoms with van der Waals surface area (Å²) in [5.74, 6) is -1.28. The highest BCUT2D eigenvalue weighted by Gasteiger charge is 2.20. The number of hydrogen-bond donors (Lipinski definition) is 2. The lowest BCUT2D eigenvalue weighted by Gasteiger charge is -2.15. The SMILES string of the molecule is O=C(COc1ccc(Cl)c(Cl)c1)N[C@H](Cc1ccccc1)C(=O)O. The maximum Gasteiger partial charge on any atom is 0.326 e. The molecule has 0 aliphatic rings. The van der Waals surface area contributed by atoms with Crippen LogP contribution in [0.5, 0.6) is 5.75 Å². The maximum absolute atomic E-state index is 11.9. The summed E-state index contributed by atoms with van der Waals surface area (Å²) in [6, 6.07) is 12.6. The predicted molar refractivity (Wildman–Crippen MR) is 91.7 cm³/mol. The van der Waals surface area contributed by atoms with Crippen LogP contribution < -0.4 is 10.1 Å². The van der Waals surface area contributed by atoms with Gasteiger partial charge in [-0.1, -0.05) is 53.5 Å². The quantitative estimate of drug-likeness (QED) is 0.787. The number of hydrogen-bond acceptors (Lipinski definition) is 3. The van der Waals surface area contributed by atoms with E-state index in [4.69, 9.17) is 27.9 Å². The molecule has 2 rings (SSSR count). The van der Waals surface area contributed by atoms with Crippen LogP contribution in [-0.2, 0) is 16.0 Å². The molecule has 0 unspecified atom stereocenters. The standard InChI is InChI=1S/C17H15Cl2NO4/c18-13-7-6-12(9-14(13)19)24-10-16(21)20-15(17(22)23)8-11-4-2-1-3-5-11/h1-7,9,15H,8,10H2,(H,20,21)(H,22,23)/t15-/m1/s1. The van der Waals surface area contributed by atoms with Gasteiger partial charge in [-0.3, -0.25) is 4.79 Å². The van der Waals surface area contributed by atoms with Crippen LogP contribution >= 0.6 is 23.2 Å². The molecule has 0 saturated heterocycles. The van der Waals surface area contributed by atoms with Crippen LogP contribution in [0.4, 0.5) is 0 Å². The summed E-state index contributed by atoms with van der Waals surface area (Å²) in [6.07, 6.45) is 0.189. The summed E-state index contributed by atoms with van der Waals surface area (Å²) in [4.78, 5) is 23.2. The van der Waals surface area contributed by atoms with Crippen molar-refractivity contribution in [1.29, 1.82) is 0 Å². The van der Waals surface area contributed by atoms with Crippen LogP contribution in [0, 0.1) is 0 Å². The Morgan fingerprint density at radius 2 is 1.79 bits per heavy atom. The van der Waals surface area contributed by atoms with E-state index in [2.05, 4.69) is 5.32 Å². The Kier molecular flexibility index (Phi) is 6.46. The van der Waals surface area contributed by atoms with Crippen molar-refractivity contribution in [2.24, 2.45) is 0 Å². The van der Waals surface area contributed by atoms with Gasteiger partial charge in [-0.2, -0.15) is 0 Å². The fourth-order valence-corrected chi connectivity index (χ4v) is 2.29.